The second kappa shape index (κ2) is 5.03. The van der Waals surface area contributed by atoms with Crippen molar-refractivity contribution in [2.24, 2.45) is 0 Å². The fourth-order valence-corrected chi connectivity index (χ4v) is 3.70. The van der Waals surface area contributed by atoms with Crippen LogP contribution in [0.4, 0.5) is 0 Å². The Morgan fingerprint density at radius 3 is 2.76 bits per heavy atom. The van der Waals surface area contributed by atoms with Crippen molar-refractivity contribution in [1.29, 1.82) is 0 Å². The smallest absolute Gasteiger partial charge is 0.262 e. The summed E-state index contributed by atoms with van der Waals surface area (Å²) < 4.78 is 24.0. The van der Waals surface area contributed by atoms with Gasteiger partial charge in [-0.15, -0.1) is 16.2 Å². The van der Waals surface area contributed by atoms with E-state index in [2.05, 4.69) is 10.1 Å². The van der Waals surface area contributed by atoms with Crippen LogP contribution in [0.3, 0.4) is 0 Å². The molecule has 17 heavy (non-hydrogen) atoms. The zero-order valence-corrected chi connectivity index (χ0v) is 11.6. The third-order valence-corrected chi connectivity index (χ3v) is 5.34. The van der Waals surface area contributed by atoms with E-state index in [1.54, 1.807) is 20.2 Å². The zero-order chi connectivity index (χ0) is 12.5. The average molecular weight is 275 g/mol. The van der Waals surface area contributed by atoms with Gasteiger partial charge in [-0.2, -0.15) is 0 Å². The van der Waals surface area contributed by atoms with E-state index >= 15 is 0 Å². The van der Waals surface area contributed by atoms with Crippen molar-refractivity contribution in [3.63, 3.8) is 0 Å². The first kappa shape index (κ1) is 13.0. The number of rotatable bonds is 6. The lowest BCUT2D eigenvalue weighted by molar-refractivity contribution is 0.364. The molecule has 1 aromatic rings. The van der Waals surface area contributed by atoms with Gasteiger partial charge in [-0.25, -0.2) is 13.4 Å². The molecular weight excluding hydrogens is 258 g/mol. The second-order valence-electron chi connectivity index (χ2n) is 4.42. The molecule has 2 N–H and O–H groups in total. The Hall–Kier alpha value is -0.470. The first-order valence-corrected chi connectivity index (χ1v) is 7.84. The number of hydrogen-bond donors (Lipinski definition) is 2. The van der Waals surface area contributed by atoms with E-state index in [9.17, 15) is 8.42 Å². The molecule has 0 spiro atoms. The van der Waals surface area contributed by atoms with Gasteiger partial charge in [-0.05, 0) is 29.9 Å². The van der Waals surface area contributed by atoms with E-state index in [4.69, 9.17) is 0 Å². The van der Waals surface area contributed by atoms with Crippen LogP contribution in [0, 0.1) is 0 Å². The third kappa shape index (κ3) is 3.75. The summed E-state index contributed by atoms with van der Waals surface area (Å²) in [7, 11) is -0.0880. The molecule has 7 heteroatoms. The van der Waals surface area contributed by atoms with Crippen LogP contribution in [0.5, 0.6) is 0 Å². The van der Waals surface area contributed by atoms with Crippen LogP contribution in [0.2, 0.25) is 0 Å². The van der Waals surface area contributed by atoms with Gasteiger partial charge >= 0.3 is 0 Å². The number of nitrogens with one attached hydrogen (secondary N) is 2. The topological polar surface area (TPSA) is 61.4 Å². The van der Waals surface area contributed by atoms with Gasteiger partial charge in [0, 0.05) is 26.7 Å². The van der Waals surface area contributed by atoms with Crippen LogP contribution in [-0.4, -0.2) is 33.6 Å². The van der Waals surface area contributed by atoms with E-state index < -0.39 is 10.0 Å². The highest BCUT2D eigenvalue weighted by molar-refractivity contribution is 7.91. The molecule has 1 heterocycles. The number of nitrogens with zero attached hydrogens (tertiary/aromatic N) is 1. The van der Waals surface area contributed by atoms with Gasteiger partial charge in [-0.1, -0.05) is 0 Å². The molecule has 0 bridgehead atoms. The standard InChI is InChI=1S/C10H17N3O2S2/c1-13(2)12-17(14,15)10-5-8(7-16-10)6-11-9-3-4-9/h5,7,9,11-12H,3-4,6H2,1-2H3. The summed E-state index contributed by atoms with van der Waals surface area (Å²) in [5, 5.41) is 6.68. The Morgan fingerprint density at radius 1 is 1.47 bits per heavy atom. The zero-order valence-electron chi connectivity index (χ0n) is 9.93. The molecule has 1 aromatic heterocycles. The lowest BCUT2D eigenvalue weighted by Gasteiger charge is -2.10. The van der Waals surface area contributed by atoms with Crippen molar-refractivity contribution in [3.05, 3.63) is 17.0 Å². The lowest BCUT2D eigenvalue weighted by Crippen LogP contribution is -2.35. The van der Waals surface area contributed by atoms with Crippen molar-refractivity contribution in [2.75, 3.05) is 14.1 Å². The minimum Gasteiger partial charge on any atom is -0.310 e. The Kier molecular flexibility index (Phi) is 3.84. The van der Waals surface area contributed by atoms with Crippen molar-refractivity contribution in [3.8, 4) is 0 Å². The molecule has 1 aliphatic carbocycles. The van der Waals surface area contributed by atoms with Gasteiger partial charge in [0.05, 0.1) is 0 Å². The van der Waals surface area contributed by atoms with Crippen molar-refractivity contribution >= 4 is 21.4 Å². The highest BCUT2D eigenvalue weighted by Crippen LogP contribution is 2.22. The summed E-state index contributed by atoms with van der Waals surface area (Å²) in [6.07, 6.45) is 2.47. The predicted molar refractivity (Wildman–Crippen MR) is 68.2 cm³/mol. The number of thiophene rings is 1. The molecule has 96 valence electrons. The van der Waals surface area contributed by atoms with Crippen LogP contribution in [0.15, 0.2) is 15.7 Å². The summed E-state index contributed by atoms with van der Waals surface area (Å²) in [6.45, 7) is 0.749. The average Bonchev–Trinajstić information content (AvgIpc) is 2.90. The molecule has 0 aromatic carbocycles. The van der Waals surface area contributed by atoms with Crippen LogP contribution in [0.25, 0.3) is 0 Å². The summed E-state index contributed by atoms with van der Waals surface area (Å²) >= 11 is 1.25. The summed E-state index contributed by atoms with van der Waals surface area (Å²) in [5.41, 5.74) is 1.03. The third-order valence-electron chi connectivity index (χ3n) is 2.37. The molecule has 2 rings (SSSR count). The van der Waals surface area contributed by atoms with E-state index in [-0.39, 0.29) is 0 Å². The van der Waals surface area contributed by atoms with Gasteiger partial charge < -0.3 is 5.32 Å². The molecule has 0 unspecified atom stereocenters. The minimum absolute atomic E-state index is 0.360. The van der Waals surface area contributed by atoms with E-state index in [0.717, 1.165) is 12.1 Å². The van der Waals surface area contributed by atoms with Gasteiger partial charge in [0.2, 0.25) is 0 Å². The molecule has 1 fully saturated rings. The van der Waals surface area contributed by atoms with Crippen LogP contribution < -0.4 is 10.1 Å². The normalized spacial score (nSPS) is 16.6. The Morgan fingerprint density at radius 2 is 2.18 bits per heavy atom. The maximum absolute atomic E-state index is 11.8. The largest absolute Gasteiger partial charge is 0.310 e. The van der Waals surface area contributed by atoms with Gasteiger partial charge in [0.25, 0.3) is 10.0 Å². The molecular formula is C10H17N3O2S2. The fraction of sp³-hybridized carbons (Fsp3) is 0.600. The lowest BCUT2D eigenvalue weighted by atomic mass is 10.3. The van der Waals surface area contributed by atoms with E-state index in [0.29, 0.717) is 10.3 Å². The first-order chi connectivity index (χ1) is 7.97. The summed E-state index contributed by atoms with van der Waals surface area (Å²) in [6, 6.07) is 2.36. The molecule has 0 radical (unpaired) electrons. The van der Waals surface area contributed by atoms with E-state index in [1.165, 1.54) is 29.2 Å². The molecule has 0 saturated heterocycles. The Balaban J connectivity index is 2.00. The maximum atomic E-state index is 11.8. The van der Waals surface area contributed by atoms with E-state index in [1.807, 2.05) is 5.38 Å². The molecule has 1 saturated carbocycles. The van der Waals surface area contributed by atoms with Gasteiger partial charge in [-0.3, -0.25) is 0 Å². The Bertz CT molecular complexity index is 477. The van der Waals surface area contributed by atoms with Crippen molar-refractivity contribution in [2.45, 2.75) is 29.6 Å². The number of hydrazine groups is 1. The summed E-state index contributed by atoms with van der Waals surface area (Å²) in [5.74, 6) is 0. The van der Waals surface area contributed by atoms with Crippen molar-refractivity contribution in [1.82, 2.24) is 15.2 Å². The van der Waals surface area contributed by atoms with Crippen molar-refractivity contribution < 1.29 is 8.42 Å². The summed E-state index contributed by atoms with van der Waals surface area (Å²) in [4.78, 5) is 2.42. The number of sulfonamides is 1. The highest BCUT2D eigenvalue weighted by Gasteiger charge is 2.21. The van der Waals surface area contributed by atoms with Gasteiger partial charge in [0.1, 0.15) is 4.21 Å². The van der Waals surface area contributed by atoms with Crippen LogP contribution in [0.1, 0.15) is 18.4 Å². The highest BCUT2D eigenvalue weighted by atomic mass is 32.2. The van der Waals surface area contributed by atoms with Crippen LogP contribution >= 0.6 is 11.3 Å². The fourth-order valence-electron chi connectivity index (χ4n) is 1.42. The quantitative estimate of drug-likeness (QED) is 0.752. The first-order valence-electron chi connectivity index (χ1n) is 5.48. The molecule has 0 aliphatic heterocycles. The predicted octanol–water partition coefficient (Wildman–Crippen LogP) is 0.755. The molecule has 1 aliphatic rings. The molecule has 5 nitrogen and oxygen atoms in total. The number of hydrogen-bond acceptors (Lipinski definition) is 5. The van der Waals surface area contributed by atoms with Gasteiger partial charge in [0.15, 0.2) is 0 Å². The minimum atomic E-state index is -3.39. The SMILES string of the molecule is CN(C)NS(=O)(=O)c1cc(CNC2CC2)cs1. The maximum Gasteiger partial charge on any atom is 0.262 e. The Labute approximate surface area is 106 Å². The molecule has 0 atom stereocenters. The monoisotopic (exact) mass is 275 g/mol. The second-order valence-corrected chi connectivity index (χ2v) is 7.22. The molecule has 0 amide bonds. The van der Waals surface area contributed by atoms with Crippen LogP contribution in [-0.2, 0) is 16.6 Å².